The van der Waals surface area contributed by atoms with Crippen molar-refractivity contribution in [3.8, 4) is 0 Å². The van der Waals surface area contributed by atoms with Crippen molar-refractivity contribution in [2.45, 2.75) is 31.3 Å². The number of halogens is 2. The Bertz CT molecular complexity index is 460. The van der Waals surface area contributed by atoms with Gasteiger partial charge in [-0.15, -0.1) is 11.8 Å². The third kappa shape index (κ3) is 4.86. The van der Waals surface area contributed by atoms with Crippen LogP contribution in [-0.2, 0) is 9.53 Å². The van der Waals surface area contributed by atoms with Gasteiger partial charge in [-0.1, -0.05) is 0 Å². The number of ether oxygens (including phenoxy) is 1. The summed E-state index contributed by atoms with van der Waals surface area (Å²) in [4.78, 5) is 12.0. The molecule has 0 saturated carbocycles. The van der Waals surface area contributed by atoms with Crippen LogP contribution in [0, 0.1) is 5.82 Å². The maximum atomic E-state index is 13.3. The molecule has 0 fully saturated rings. The van der Waals surface area contributed by atoms with Gasteiger partial charge in [0, 0.05) is 10.6 Å². The maximum absolute atomic E-state index is 13.3. The summed E-state index contributed by atoms with van der Waals surface area (Å²) in [7, 11) is 0. The number of nitrogen functional groups attached to an aromatic ring is 1. The van der Waals surface area contributed by atoms with Gasteiger partial charge in [0.25, 0.3) is 0 Å². The first kappa shape index (κ1) is 15.3. The quantitative estimate of drug-likeness (QED) is 0.521. The lowest BCUT2D eigenvalue weighted by Crippen LogP contribution is -2.24. The second-order valence-electron chi connectivity index (χ2n) is 4.68. The Morgan fingerprint density at radius 2 is 2.11 bits per heavy atom. The van der Waals surface area contributed by atoms with Gasteiger partial charge in [0.2, 0.25) is 0 Å². The number of anilines is 1. The van der Waals surface area contributed by atoms with E-state index in [0.717, 1.165) is 11.8 Å². The van der Waals surface area contributed by atoms with E-state index < -0.39 is 11.4 Å². The van der Waals surface area contributed by atoms with Crippen LogP contribution in [0.2, 0.25) is 0 Å². The minimum absolute atomic E-state index is 0.0997. The van der Waals surface area contributed by atoms with Crippen LogP contribution in [0.3, 0.4) is 0 Å². The van der Waals surface area contributed by atoms with Crippen molar-refractivity contribution in [2.75, 3.05) is 11.5 Å². The lowest BCUT2D eigenvalue weighted by atomic mass is 10.2. The van der Waals surface area contributed by atoms with Gasteiger partial charge >= 0.3 is 5.97 Å². The molecule has 0 aromatic heterocycles. The zero-order valence-electron chi connectivity index (χ0n) is 10.4. The van der Waals surface area contributed by atoms with Crippen LogP contribution in [-0.4, -0.2) is 17.3 Å². The van der Waals surface area contributed by atoms with Crippen LogP contribution in [0.5, 0.6) is 0 Å². The highest BCUT2D eigenvalue weighted by molar-refractivity contribution is 9.10. The van der Waals surface area contributed by atoms with E-state index in [9.17, 15) is 9.18 Å². The summed E-state index contributed by atoms with van der Waals surface area (Å²) in [6, 6.07) is 2.78. The Morgan fingerprint density at radius 1 is 1.50 bits per heavy atom. The van der Waals surface area contributed by atoms with E-state index in [1.54, 1.807) is 20.8 Å². The number of hydrogen-bond donors (Lipinski definition) is 1. The third-order valence-electron chi connectivity index (χ3n) is 1.82. The third-order valence-corrected chi connectivity index (χ3v) is 3.47. The van der Waals surface area contributed by atoms with Crippen LogP contribution in [0.15, 0.2) is 21.5 Å². The molecule has 0 saturated heterocycles. The Balaban J connectivity index is 2.64. The molecule has 0 heterocycles. The predicted molar refractivity (Wildman–Crippen MR) is 75.1 cm³/mol. The van der Waals surface area contributed by atoms with Gasteiger partial charge in [0.05, 0.1) is 10.2 Å². The summed E-state index contributed by atoms with van der Waals surface area (Å²) >= 11 is 4.20. The highest BCUT2D eigenvalue weighted by atomic mass is 79.9. The van der Waals surface area contributed by atoms with E-state index in [0.29, 0.717) is 15.1 Å². The van der Waals surface area contributed by atoms with Gasteiger partial charge in [-0.05, 0) is 48.8 Å². The van der Waals surface area contributed by atoms with Crippen molar-refractivity contribution >= 4 is 39.3 Å². The molecule has 0 amide bonds. The van der Waals surface area contributed by atoms with E-state index in [4.69, 9.17) is 10.5 Å². The highest BCUT2D eigenvalue weighted by Crippen LogP contribution is 2.30. The lowest BCUT2D eigenvalue weighted by Gasteiger charge is -2.19. The summed E-state index contributed by atoms with van der Waals surface area (Å²) in [5.74, 6) is -0.658. The Hall–Kier alpha value is -0.750. The van der Waals surface area contributed by atoms with Gasteiger partial charge in [0.1, 0.15) is 11.4 Å². The number of esters is 1. The fourth-order valence-corrected chi connectivity index (χ4v) is 2.28. The number of hydrogen-bond acceptors (Lipinski definition) is 4. The summed E-state index contributed by atoms with van der Waals surface area (Å²) in [5.41, 5.74) is 5.64. The van der Waals surface area contributed by atoms with Gasteiger partial charge in [-0.25, -0.2) is 4.39 Å². The first-order chi connectivity index (χ1) is 8.19. The smallest absolute Gasteiger partial charge is 0.316 e. The van der Waals surface area contributed by atoms with E-state index in [1.807, 2.05) is 0 Å². The molecule has 0 bridgehead atoms. The molecule has 18 heavy (non-hydrogen) atoms. The topological polar surface area (TPSA) is 52.3 Å². The van der Waals surface area contributed by atoms with E-state index in [1.165, 1.54) is 12.1 Å². The second kappa shape index (κ2) is 5.93. The number of carbonyl (C=O) groups excluding carboxylic acids is 1. The monoisotopic (exact) mass is 335 g/mol. The molecule has 1 aromatic rings. The average Bonchev–Trinajstić information content (AvgIpc) is 2.19. The zero-order valence-corrected chi connectivity index (χ0v) is 12.8. The second-order valence-corrected chi connectivity index (χ2v) is 6.55. The fraction of sp³-hybridized carbons (Fsp3) is 0.417. The average molecular weight is 336 g/mol. The van der Waals surface area contributed by atoms with Crippen LogP contribution in [0.1, 0.15) is 20.8 Å². The molecule has 0 unspecified atom stereocenters. The van der Waals surface area contributed by atoms with Gasteiger partial charge in [-0.3, -0.25) is 4.79 Å². The number of carbonyl (C=O) groups is 1. The Kier molecular flexibility index (Phi) is 5.04. The highest BCUT2D eigenvalue weighted by Gasteiger charge is 2.17. The minimum atomic E-state index is -0.520. The van der Waals surface area contributed by atoms with Crippen molar-refractivity contribution in [2.24, 2.45) is 0 Å². The van der Waals surface area contributed by atoms with Crippen LogP contribution < -0.4 is 5.73 Å². The molecule has 100 valence electrons. The van der Waals surface area contributed by atoms with Gasteiger partial charge in [0.15, 0.2) is 0 Å². The molecular formula is C12H15BrFNO2S. The molecule has 0 aliphatic carbocycles. The van der Waals surface area contributed by atoms with Crippen molar-refractivity contribution in [1.29, 1.82) is 0 Å². The largest absolute Gasteiger partial charge is 0.459 e. The van der Waals surface area contributed by atoms with Crippen LogP contribution in [0.25, 0.3) is 0 Å². The molecule has 1 aromatic carbocycles. The van der Waals surface area contributed by atoms with Crippen molar-refractivity contribution in [3.05, 3.63) is 22.4 Å². The Labute approximate surface area is 118 Å². The van der Waals surface area contributed by atoms with E-state index in [-0.39, 0.29) is 11.7 Å². The van der Waals surface area contributed by atoms with Crippen LogP contribution >= 0.6 is 27.7 Å². The molecular weight excluding hydrogens is 321 g/mol. The zero-order chi connectivity index (χ0) is 13.9. The fourth-order valence-electron chi connectivity index (χ4n) is 1.18. The number of rotatable bonds is 3. The van der Waals surface area contributed by atoms with E-state index >= 15 is 0 Å². The first-order valence-corrected chi connectivity index (χ1v) is 7.06. The maximum Gasteiger partial charge on any atom is 0.316 e. The normalized spacial score (nSPS) is 11.4. The van der Waals surface area contributed by atoms with Crippen molar-refractivity contribution < 1.29 is 13.9 Å². The molecule has 0 radical (unpaired) electrons. The summed E-state index contributed by atoms with van der Waals surface area (Å²) < 4.78 is 18.8. The number of benzene rings is 1. The molecule has 3 nitrogen and oxygen atoms in total. The van der Waals surface area contributed by atoms with Gasteiger partial charge in [-0.2, -0.15) is 0 Å². The number of thioether (sulfide) groups is 1. The minimum Gasteiger partial charge on any atom is -0.459 e. The summed E-state index contributed by atoms with van der Waals surface area (Å²) in [6.07, 6.45) is 0. The molecule has 0 aliphatic rings. The molecule has 1 rings (SSSR count). The molecule has 0 atom stereocenters. The predicted octanol–water partition coefficient (Wildman–Crippen LogP) is 3.60. The SMILES string of the molecule is CC(C)(C)OC(=O)CSc1cc(F)c(Br)cc1N. The summed E-state index contributed by atoms with van der Waals surface area (Å²) in [5, 5.41) is 0. The number of nitrogens with two attached hydrogens (primary N) is 1. The lowest BCUT2D eigenvalue weighted by molar-refractivity contribution is -0.151. The molecule has 0 aliphatic heterocycles. The van der Waals surface area contributed by atoms with Gasteiger partial charge < -0.3 is 10.5 Å². The van der Waals surface area contributed by atoms with E-state index in [2.05, 4.69) is 15.9 Å². The molecule has 2 N–H and O–H groups in total. The molecule has 0 spiro atoms. The van der Waals surface area contributed by atoms with Crippen LogP contribution in [0.4, 0.5) is 10.1 Å². The standard InChI is InChI=1S/C12H15BrFNO2S/c1-12(2,3)17-11(16)6-18-10-5-8(14)7(13)4-9(10)15/h4-5H,6,15H2,1-3H3. The van der Waals surface area contributed by atoms with Crippen molar-refractivity contribution in [3.63, 3.8) is 0 Å². The summed E-state index contributed by atoms with van der Waals surface area (Å²) in [6.45, 7) is 5.38. The Morgan fingerprint density at radius 3 is 2.67 bits per heavy atom. The van der Waals surface area contributed by atoms with Crippen molar-refractivity contribution in [1.82, 2.24) is 0 Å². The first-order valence-electron chi connectivity index (χ1n) is 5.28. The molecule has 6 heteroatoms.